The zero-order valence-electron chi connectivity index (χ0n) is 24.0. The van der Waals surface area contributed by atoms with E-state index in [0.29, 0.717) is 30.6 Å². The van der Waals surface area contributed by atoms with Crippen LogP contribution in [0.3, 0.4) is 0 Å². The number of ketones is 1. The van der Waals surface area contributed by atoms with Gasteiger partial charge in [0.15, 0.2) is 5.78 Å². The van der Waals surface area contributed by atoms with Crippen molar-refractivity contribution in [1.82, 2.24) is 0 Å². The average molecular weight is 531 g/mol. The Morgan fingerprint density at radius 1 is 1.03 bits per heavy atom. The van der Waals surface area contributed by atoms with Crippen LogP contribution in [0.5, 0.6) is 0 Å². The first-order chi connectivity index (χ1) is 17.8. The number of aliphatic hydroxyl groups is 4. The lowest BCUT2D eigenvalue weighted by molar-refractivity contribution is -0.182. The van der Waals surface area contributed by atoms with Crippen molar-refractivity contribution in [3.63, 3.8) is 0 Å². The van der Waals surface area contributed by atoms with Crippen molar-refractivity contribution in [2.75, 3.05) is 0 Å². The summed E-state index contributed by atoms with van der Waals surface area (Å²) in [4.78, 5) is 13.6. The minimum atomic E-state index is -1.14. The van der Waals surface area contributed by atoms with E-state index in [1.54, 1.807) is 6.08 Å². The highest BCUT2D eigenvalue weighted by Gasteiger charge is 2.74. The van der Waals surface area contributed by atoms with Crippen LogP contribution < -0.4 is 0 Å². The Hall–Kier alpha value is -0.790. The summed E-state index contributed by atoms with van der Waals surface area (Å²) in [5.41, 5.74) is -2.29. The number of allylic oxidation sites excluding steroid dienone is 1. The largest absolute Gasteiger partial charge is 0.390 e. The molecule has 12 atom stereocenters. The van der Waals surface area contributed by atoms with Gasteiger partial charge in [-0.3, -0.25) is 4.79 Å². The van der Waals surface area contributed by atoms with Crippen molar-refractivity contribution in [3.8, 4) is 0 Å². The maximum atomic E-state index is 13.6. The van der Waals surface area contributed by atoms with E-state index in [2.05, 4.69) is 27.7 Å². The number of hydrogen-bond acceptors (Lipinski definition) is 6. The fourth-order valence-corrected chi connectivity index (χ4v) is 10.8. The van der Waals surface area contributed by atoms with E-state index in [1.165, 1.54) is 0 Å². The van der Waals surface area contributed by atoms with Gasteiger partial charge in [-0.1, -0.05) is 40.5 Å². The van der Waals surface area contributed by atoms with Crippen LogP contribution in [0.15, 0.2) is 11.6 Å². The lowest BCUT2D eigenvalue weighted by Crippen LogP contribution is -2.65. The minimum Gasteiger partial charge on any atom is -0.390 e. The summed E-state index contributed by atoms with van der Waals surface area (Å²) in [7, 11) is 0. The molecule has 4 saturated carbocycles. The molecule has 6 nitrogen and oxygen atoms in total. The van der Waals surface area contributed by atoms with E-state index in [-0.39, 0.29) is 42.2 Å². The zero-order valence-corrected chi connectivity index (χ0v) is 24.0. The molecular formula is C32H50O6. The molecule has 214 valence electrons. The lowest BCUT2D eigenvalue weighted by atomic mass is 9.43. The van der Waals surface area contributed by atoms with Gasteiger partial charge < -0.3 is 25.2 Å². The van der Waals surface area contributed by atoms with Gasteiger partial charge >= 0.3 is 0 Å². The molecule has 0 amide bonds. The molecule has 6 heteroatoms. The van der Waals surface area contributed by atoms with Crippen LogP contribution in [-0.4, -0.2) is 61.8 Å². The number of epoxide rings is 1. The third-order valence-electron chi connectivity index (χ3n) is 13.2. The van der Waals surface area contributed by atoms with Gasteiger partial charge in [-0.25, -0.2) is 0 Å². The van der Waals surface area contributed by atoms with E-state index in [4.69, 9.17) is 4.74 Å². The van der Waals surface area contributed by atoms with E-state index in [0.717, 1.165) is 50.5 Å². The molecule has 4 N–H and O–H groups in total. The van der Waals surface area contributed by atoms with Crippen molar-refractivity contribution in [2.24, 2.45) is 46.3 Å². The lowest BCUT2D eigenvalue weighted by Gasteiger charge is -2.63. The smallest absolute Gasteiger partial charge is 0.159 e. The van der Waals surface area contributed by atoms with Crippen molar-refractivity contribution >= 4 is 5.78 Å². The predicted octanol–water partition coefficient (Wildman–Crippen LogP) is 4.17. The molecule has 5 aliphatic carbocycles. The van der Waals surface area contributed by atoms with Crippen molar-refractivity contribution in [3.05, 3.63) is 11.6 Å². The van der Waals surface area contributed by atoms with Gasteiger partial charge in [-0.05, 0) is 105 Å². The van der Waals surface area contributed by atoms with Crippen molar-refractivity contribution in [2.45, 2.75) is 134 Å². The highest BCUT2D eigenvalue weighted by molar-refractivity contribution is 5.95. The molecule has 0 aromatic rings. The molecule has 38 heavy (non-hydrogen) atoms. The Morgan fingerprint density at radius 3 is 2.37 bits per heavy atom. The normalized spacial score (nSPS) is 51.2. The SMILES string of the molecule is CC(C)[C@@H](C)[C@@H]1O[C@H]1[C@](C)(O)[C@H]1CC[C@@]2(O)C3=CC(=O)[C@@H]4C[C@@H](O)[C@@H](O)C[C@]4(C)[C@H]3CC[C@]12C1CCCC1. The van der Waals surface area contributed by atoms with E-state index in [9.17, 15) is 25.2 Å². The van der Waals surface area contributed by atoms with Gasteiger partial charge in [0.1, 0.15) is 6.10 Å². The third kappa shape index (κ3) is 3.52. The first kappa shape index (κ1) is 27.4. The molecule has 0 unspecified atom stereocenters. The Morgan fingerprint density at radius 2 is 1.71 bits per heavy atom. The molecule has 6 rings (SSSR count). The maximum Gasteiger partial charge on any atom is 0.159 e. The number of ether oxygens (including phenoxy) is 1. The molecule has 0 radical (unpaired) electrons. The van der Waals surface area contributed by atoms with Gasteiger partial charge in [0.25, 0.3) is 0 Å². The Labute approximate surface area is 228 Å². The number of carbonyl (C=O) groups excluding carboxylic acids is 1. The van der Waals surface area contributed by atoms with E-state index < -0.39 is 34.2 Å². The first-order valence-corrected chi connectivity index (χ1v) is 15.5. The highest BCUT2D eigenvalue weighted by Crippen LogP contribution is 2.73. The van der Waals surface area contributed by atoms with Crippen LogP contribution in [0, 0.1) is 46.3 Å². The van der Waals surface area contributed by atoms with Crippen LogP contribution in [0.25, 0.3) is 0 Å². The molecule has 0 spiro atoms. The second kappa shape index (κ2) is 8.85. The van der Waals surface area contributed by atoms with Crippen LogP contribution in [0.1, 0.15) is 98.8 Å². The number of carbonyl (C=O) groups is 1. The van der Waals surface area contributed by atoms with Crippen molar-refractivity contribution in [1.29, 1.82) is 0 Å². The predicted molar refractivity (Wildman–Crippen MR) is 144 cm³/mol. The monoisotopic (exact) mass is 530 g/mol. The standard InChI is InChI=1S/C32H50O6/c1-17(2)18(3)27-28(38-27)30(5,36)26-11-13-32(37)21-14-23(33)22-15-24(34)25(35)16-29(22,4)20(21)10-12-31(26,32)19-8-6-7-9-19/h14,17-20,22,24-28,34-37H,6-13,15-16H2,1-5H3/t18-,20+,22+,24-,25+,26-,27+,28-,29-,30-,31+,32-/m1/s1. The topological polar surface area (TPSA) is 111 Å². The highest BCUT2D eigenvalue weighted by atomic mass is 16.6. The van der Waals surface area contributed by atoms with Gasteiger partial charge in [0.2, 0.25) is 0 Å². The van der Waals surface area contributed by atoms with Crippen LogP contribution in [0.2, 0.25) is 0 Å². The average Bonchev–Trinajstić information content (AvgIpc) is 3.33. The summed E-state index contributed by atoms with van der Waals surface area (Å²) < 4.78 is 6.22. The summed E-state index contributed by atoms with van der Waals surface area (Å²) in [5, 5.41) is 46.3. The quantitative estimate of drug-likeness (QED) is 0.397. The van der Waals surface area contributed by atoms with Crippen LogP contribution in [-0.2, 0) is 9.53 Å². The second-order valence-electron chi connectivity index (χ2n) is 15.0. The molecule has 0 aromatic carbocycles. The van der Waals surface area contributed by atoms with E-state index >= 15 is 0 Å². The number of fused-ring (bicyclic) bond motifs is 5. The molecule has 6 aliphatic rings. The summed E-state index contributed by atoms with van der Waals surface area (Å²) in [6.45, 7) is 10.7. The molecule has 1 aliphatic heterocycles. The number of aliphatic hydroxyl groups excluding tert-OH is 2. The summed E-state index contributed by atoms with van der Waals surface area (Å²) in [5.74, 6) is 0.709. The summed E-state index contributed by atoms with van der Waals surface area (Å²) in [6.07, 6.45) is 7.88. The van der Waals surface area contributed by atoms with Crippen molar-refractivity contribution < 1.29 is 30.0 Å². The zero-order chi connectivity index (χ0) is 27.4. The summed E-state index contributed by atoms with van der Waals surface area (Å²) in [6, 6.07) is 0. The van der Waals surface area contributed by atoms with Gasteiger partial charge in [-0.15, -0.1) is 0 Å². The Balaban J connectivity index is 1.41. The Kier molecular flexibility index (Phi) is 6.38. The van der Waals surface area contributed by atoms with E-state index in [1.807, 2.05) is 6.92 Å². The van der Waals surface area contributed by atoms with Gasteiger partial charge in [0.05, 0.1) is 29.5 Å². The summed E-state index contributed by atoms with van der Waals surface area (Å²) >= 11 is 0. The Bertz CT molecular complexity index is 998. The number of rotatable bonds is 5. The molecule has 5 fully saturated rings. The fraction of sp³-hybridized carbons (Fsp3) is 0.906. The molecule has 0 aromatic heterocycles. The van der Waals surface area contributed by atoms with Crippen LogP contribution in [0.4, 0.5) is 0 Å². The first-order valence-electron chi connectivity index (χ1n) is 15.5. The molecule has 0 bridgehead atoms. The maximum absolute atomic E-state index is 13.6. The molecular weight excluding hydrogens is 480 g/mol. The third-order valence-corrected chi connectivity index (χ3v) is 13.2. The minimum absolute atomic E-state index is 0.00136. The number of hydrogen-bond donors (Lipinski definition) is 4. The van der Waals surface area contributed by atoms with Gasteiger partial charge in [0, 0.05) is 11.3 Å². The fourth-order valence-electron chi connectivity index (χ4n) is 10.8. The van der Waals surface area contributed by atoms with Gasteiger partial charge in [-0.2, -0.15) is 0 Å². The molecule has 1 saturated heterocycles. The van der Waals surface area contributed by atoms with Crippen LogP contribution >= 0.6 is 0 Å². The second-order valence-corrected chi connectivity index (χ2v) is 15.0. The molecule has 1 heterocycles.